The summed E-state index contributed by atoms with van der Waals surface area (Å²) in [7, 11) is 0. The van der Waals surface area contributed by atoms with E-state index in [1.54, 1.807) is 26.0 Å². The molecule has 2 amide bonds. The van der Waals surface area contributed by atoms with Gasteiger partial charge in [-0.25, -0.2) is 0 Å². The summed E-state index contributed by atoms with van der Waals surface area (Å²) >= 11 is 0. The van der Waals surface area contributed by atoms with Crippen LogP contribution in [-0.4, -0.2) is 47.7 Å². The van der Waals surface area contributed by atoms with Crippen molar-refractivity contribution in [3.63, 3.8) is 0 Å². The molecule has 2 rings (SSSR count). The highest BCUT2D eigenvalue weighted by Gasteiger charge is 2.28. The van der Waals surface area contributed by atoms with Gasteiger partial charge in [0, 0.05) is 12.8 Å². The average Bonchev–Trinajstić information content (AvgIpc) is 2.94. The van der Waals surface area contributed by atoms with Crippen LogP contribution in [0.15, 0.2) is 79.9 Å². The standard InChI is InChI=1S/C32H42N2O6/c1-5-7-14-30(37)40-23-32(3,4)34-31(38)26(11-6-2)20-29(36)33-27(21-35)19-24-15-17-28(18-16-24)39-22-25-12-9-8-10-13-25/h5-6,8-10,12-13,15-18,26-27,35H,1-2,7,11,14,19-23H2,3-4H3,(H,33,36)(H,34,38)/t26-,27-/m0/s1. The van der Waals surface area contributed by atoms with Crippen LogP contribution in [0.4, 0.5) is 0 Å². The van der Waals surface area contributed by atoms with Gasteiger partial charge in [-0.3, -0.25) is 14.4 Å². The number of hydrogen-bond acceptors (Lipinski definition) is 6. The summed E-state index contributed by atoms with van der Waals surface area (Å²) in [6.45, 7) is 11.0. The molecule has 0 spiro atoms. The topological polar surface area (TPSA) is 114 Å². The van der Waals surface area contributed by atoms with Gasteiger partial charge in [0.2, 0.25) is 11.8 Å². The fourth-order valence-corrected chi connectivity index (χ4v) is 3.93. The number of aliphatic hydroxyl groups is 1. The third-order valence-corrected chi connectivity index (χ3v) is 6.10. The second kappa shape index (κ2) is 16.9. The summed E-state index contributed by atoms with van der Waals surface area (Å²) < 4.78 is 11.1. The van der Waals surface area contributed by atoms with Gasteiger partial charge in [0.15, 0.2) is 0 Å². The van der Waals surface area contributed by atoms with Crippen molar-refractivity contribution in [2.45, 2.75) is 64.1 Å². The van der Waals surface area contributed by atoms with E-state index in [1.165, 1.54) is 0 Å². The van der Waals surface area contributed by atoms with Gasteiger partial charge in [-0.15, -0.1) is 13.2 Å². The van der Waals surface area contributed by atoms with E-state index in [0.717, 1.165) is 16.9 Å². The third kappa shape index (κ3) is 12.3. The second-order valence-electron chi connectivity index (χ2n) is 10.4. The SMILES string of the molecule is C=CCCC(=O)OCC(C)(C)NC(=O)[C@@H](CC=C)CC(=O)N[C@H](CO)Cc1ccc(OCc2ccccc2)cc1. The molecule has 0 aromatic heterocycles. The molecule has 40 heavy (non-hydrogen) atoms. The van der Waals surface area contributed by atoms with Crippen LogP contribution in [0.1, 0.15) is 50.7 Å². The highest BCUT2D eigenvalue weighted by atomic mass is 16.5. The fourth-order valence-electron chi connectivity index (χ4n) is 3.93. The number of carbonyl (C=O) groups is 3. The Kier molecular flexibility index (Phi) is 13.7. The van der Waals surface area contributed by atoms with Crippen LogP contribution in [0.2, 0.25) is 0 Å². The van der Waals surface area contributed by atoms with Gasteiger partial charge < -0.3 is 25.2 Å². The summed E-state index contributed by atoms with van der Waals surface area (Å²) in [5.74, 6) is -0.987. The zero-order valence-electron chi connectivity index (χ0n) is 23.6. The van der Waals surface area contributed by atoms with Crippen molar-refractivity contribution in [2.75, 3.05) is 13.2 Å². The molecule has 2 aromatic carbocycles. The molecule has 0 aliphatic heterocycles. The second-order valence-corrected chi connectivity index (χ2v) is 10.4. The summed E-state index contributed by atoms with van der Waals surface area (Å²) in [5.41, 5.74) is 1.18. The molecule has 0 aliphatic carbocycles. The molecule has 8 heteroatoms. The summed E-state index contributed by atoms with van der Waals surface area (Å²) in [4.78, 5) is 37.6. The summed E-state index contributed by atoms with van der Waals surface area (Å²) in [6, 6.07) is 16.9. The maximum absolute atomic E-state index is 13.0. The maximum atomic E-state index is 13.0. The monoisotopic (exact) mass is 550 g/mol. The van der Waals surface area contributed by atoms with Crippen molar-refractivity contribution in [2.24, 2.45) is 5.92 Å². The Morgan fingerprint density at radius 2 is 1.70 bits per heavy atom. The fraction of sp³-hybridized carbons (Fsp3) is 0.406. The predicted octanol–water partition coefficient (Wildman–Crippen LogP) is 4.27. The van der Waals surface area contributed by atoms with Gasteiger partial charge >= 0.3 is 5.97 Å². The van der Waals surface area contributed by atoms with Crippen molar-refractivity contribution in [1.82, 2.24) is 10.6 Å². The molecule has 0 bridgehead atoms. The molecule has 0 unspecified atom stereocenters. The largest absolute Gasteiger partial charge is 0.489 e. The first-order valence-electron chi connectivity index (χ1n) is 13.5. The molecule has 0 heterocycles. The average molecular weight is 551 g/mol. The first kappa shape index (κ1) is 32.3. The number of amides is 2. The smallest absolute Gasteiger partial charge is 0.306 e. The van der Waals surface area contributed by atoms with Crippen LogP contribution in [0.5, 0.6) is 5.75 Å². The van der Waals surface area contributed by atoms with Crippen molar-refractivity contribution < 1.29 is 29.0 Å². The van der Waals surface area contributed by atoms with Crippen molar-refractivity contribution >= 4 is 17.8 Å². The van der Waals surface area contributed by atoms with Gasteiger partial charge in [-0.1, -0.05) is 54.6 Å². The van der Waals surface area contributed by atoms with Crippen LogP contribution >= 0.6 is 0 Å². The lowest BCUT2D eigenvalue weighted by atomic mass is 9.97. The highest BCUT2D eigenvalue weighted by Crippen LogP contribution is 2.17. The number of ether oxygens (including phenoxy) is 2. The van der Waals surface area contributed by atoms with Crippen LogP contribution in [0.3, 0.4) is 0 Å². The normalized spacial score (nSPS) is 12.5. The van der Waals surface area contributed by atoms with E-state index in [1.807, 2.05) is 54.6 Å². The Morgan fingerprint density at radius 1 is 1.00 bits per heavy atom. The molecule has 0 fully saturated rings. The molecular formula is C32H42N2O6. The molecule has 8 nitrogen and oxygen atoms in total. The minimum atomic E-state index is -0.818. The maximum Gasteiger partial charge on any atom is 0.306 e. The Bertz CT molecular complexity index is 1100. The first-order valence-corrected chi connectivity index (χ1v) is 13.5. The molecule has 3 N–H and O–H groups in total. The van der Waals surface area contributed by atoms with Crippen LogP contribution < -0.4 is 15.4 Å². The van der Waals surface area contributed by atoms with Crippen LogP contribution in [-0.2, 0) is 32.1 Å². The van der Waals surface area contributed by atoms with E-state index in [4.69, 9.17) is 9.47 Å². The van der Waals surface area contributed by atoms with Gasteiger partial charge in [0.1, 0.15) is 19.0 Å². The van der Waals surface area contributed by atoms with Crippen molar-refractivity contribution in [1.29, 1.82) is 0 Å². The van der Waals surface area contributed by atoms with Gasteiger partial charge in [0.25, 0.3) is 0 Å². The Morgan fingerprint density at radius 3 is 2.33 bits per heavy atom. The summed E-state index contributed by atoms with van der Waals surface area (Å²) in [6.07, 6.45) is 4.61. The Hall–Kier alpha value is -3.91. The number of aliphatic hydroxyl groups excluding tert-OH is 1. The van der Waals surface area contributed by atoms with Crippen LogP contribution in [0, 0.1) is 5.92 Å². The lowest BCUT2D eigenvalue weighted by Gasteiger charge is -2.28. The van der Waals surface area contributed by atoms with Gasteiger partial charge in [-0.05, 0) is 56.4 Å². The molecule has 2 atom stereocenters. The number of nitrogens with one attached hydrogen (secondary N) is 2. The number of hydrogen-bond donors (Lipinski definition) is 3. The lowest BCUT2D eigenvalue weighted by Crippen LogP contribution is -2.50. The first-order chi connectivity index (χ1) is 19.2. The Labute approximate surface area is 237 Å². The number of allylic oxidation sites excluding steroid dienone is 2. The zero-order chi connectivity index (χ0) is 29.4. The molecule has 0 aliphatic rings. The lowest BCUT2D eigenvalue weighted by molar-refractivity contribution is -0.146. The van der Waals surface area contributed by atoms with Crippen molar-refractivity contribution in [3.05, 3.63) is 91.0 Å². The number of carbonyl (C=O) groups excluding carboxylic acids is 3. The third-order valence-electron chi connectivity index (χ3n) is 6.10. The zero-order valence-corrected chi connectivity index (χ0v) is 23.6. The molecular weight excluding hydrogens is 508 g/mol. The van der Waals surface area contributed by atoms with Gasteiger partial charge in [-0.2, -0.15) is 0 Å². The number of esters is 1. The number of benzene rings is 2. The van der Waals surface area contributed by atoms with Crippen LogP contribution in [0.25, 0.3) is 0 Å². The molecule has 0 radical (unpaired) electrons. The van der Waals surface area contributed by atoms with Crippen molar-refractivity contribution in [3.8, 4) is 5.75 Å². The molecule has 2 aromatic rings. The van der Waals surface area contributed by atoms with E-state index in [9.17, 15) is 19.5 Å². The summed E-state index contributed by atoms with van der Waals surface area (Å²) in [5, 5.41) is 15.6. The number of rotatable bonds is 18. The van der Waals surface area contributed by atoms with E-state index in [-0.39, 0.29) is 43.8 Å². The van der Waals surface area contributed by atoms with E-state index in [2.05, 4.69) is 23.8 Å². The van der Waals surface area contributed by atoms with Gasteiger partial charge in [0.05, 0.1) is 24.1 Å². The molecule has 0 saturated carbocycles. The highest BCUT2D eigenvalue weighted by molar-refractivity contribution is 5.86. The van der Waals surface area contributed by atoms with E-state index in [0.29, 0.717) is 25.9 Å². The predicted molar refractivity (Wildman–Crippen MR) is 155 cm³/mol. The molecule has 216 valence electrons. The van der Waals surface area contributed by atoms with E-state index < -0.39 is 17.5 Å². The minimum absolute atomic E-state index is 0.00436. The van der Waals surface area contributed by atoms with E-state index >= 15 is 0 Å². The molecule has 0 saturated heterocycles. The Balaban J connectivity index is 1.86. The quantitative estimate of drug-likeness (QED) is 0.189. The minimum Gasteiger partial charge on any atom is -0.489 e.